The second-order valence-corrected chi connectivity index (χ2v) is 5.46. The number of aromatic carboxylic acids is 1. The zero-order chi connectivity index (χ0) is 16.0. The third-order valence-corrected chi connectivity index (χ3v) is 4.18. The van der Waals surface area contributed by atoms with Gasteiger partial charge in [-0.1, -0.05) is 0 Å². The van der Waals surface area contributed by atoms with Crippen molar-refractivity contribution >= 4 is 23.7 Å². The first-order chi connectivity index (χ1) is 10.4. The third-order valence-electron chi connectivity index (χ3n) is 4.18. The highest BCUT2D eigenvalue weighted by Gasteiger charge is 2.43. The molecule has 0 spiro atoms. The van der Waals surface area contributed by atoms with E-state index in [2.05, 4.69) is 5.32 Å². The molecule has 1 saturated heterocycles. The van der Waals surface area contributed by atoms with Crippen molar-refractivity contribution in [3.8, 4) is 0 Å². The van der Waals surface area contributed by atoms with E-state index in [1.54, 1.807) is 6.92 Å². The number of piperidine rings is 1. The molecular weight excluding hydrogens is 288 g/mol. The Balaban J connectivity index is 1.96. The summed E-state index contributed by atoms with van der Waals surface area (Å²) in [5.74, 6) is -2.20. The molecular formula is C15H14N2O5. The Bertz CT molecular complexity index is 712. The first-order valence-corrected chi connectivity index (χ1v) is 6.93. The third kappa shape index (κ3) is 2.05. The van der Waals surface area contributed by atoms with Gasteiger partial charge >= 0.3 is 5.97 Å². The molecule has 1 fully saturated rings. The maximum Gasteiger partial charge on any atom is 0.335 e. The van der Waals surface area contributed by atoms with Gasteiger partial charge in [-0.15, -0.1) is 0 Å². The summed E-state index contributed by atoms with van der Waals surface area (Å²) in [5, 5.41) is 11.3. The second-order valence-electron chi connectivity index (χ2n) is 5.46. The van der Waals surface area contributed by atoms with Crippen LogP contribution in [0.2, 0.25) is 0 Å². The molecule has 3 rings (SSSR count). The van der Waals surface area contributed by atoms with Crippen LogP contribution in [0.5, 0.6) is 0 Å². The van der Waals surface area contributed by atoms with Gasteiger partial charge in [-0.05, 0) is 37.1 Å². The fourth-order valence-electron chi connectivity index (χ4n) is 3.06. The number of carbonyl (C=O) groups excluding carboxylic acids is 3. The van der Waals surface area contributed by atoms with Gasteiger partial charge in [-0.2, -0.15) is 0 Å². The minimum atomic E-state index is -1.07. The molecule has 22 heavy (non-hydrogen) atoms. The monoisotopic (exact) mass is 302 g/mol. The summed E-state index contributed by atoms with van der Waals surface area (Å²) in [6, 6.07) is 3.20. The fraction of sp³-hybridized carbons (Fsp3) is 0.333. The van der Waals surface area contributed by atoms with Gasteiger partial charge in [0.1, 0.15) is 6.04 Å². The Morgan fingerprint density at radius 1 is 1.32 bits per heavy atom. The highest BCUT2D eigenvalue weighted by Crippen LogP contribution is 2.36. The fourth-order valence-corrected chi connectivity index (χ4v) is 3.06. The van der Waals surface area contributed by atoms with E-state index in [1.165, 1.54) is 23.1 Å². The first kappa shape index (κ1) is 14.2. The predicted molar refractivity (Wildman–Crippen MR) is 74.2 cm³/mol. The molecule has 0 saturated carbocycles. The Hall–Kier alpha value is -2.70. The number of nitrogens with zero attached hydrogens (tertiary/aromatic N) is 1. The standard InChI is InChI=1S/C15H14N2O5/c1-7-10-6-8(15(21)22)2-3-9(10)14(20)17(7)11-4-5-12(18)16-13(11)19/h2-3,6-7,11H,4-5H2,1H3,(H,21,22)(H,16,18,19)/t7-,11+/m1/s1. The molecule has 0 bridgehead atoms. The second kappa shape index (κ2) is 4.94. The average Bonchev–Trinajstić information content (AvgIpc) is 2.71. The average molecular weight is 302 g/mol. The summed E-state index contributed by atoms with van der Waals surface area (Å²) >= 11 is 0. The van der Waals surface area contributed by atoms with Crippen molar-refractivity contribution < 1.29 is 24.3 Å². The van der Waals surface area contributed by atoms with Gasteiger partial charge in [-0.3, -0.25) is 19.7 Å². The van der Waals surface area contributed by atoms with E-state index in [0.717, 1.165) is 0 Å². The van der Waals surface area contributed by atoms with Crippen LogP contribution in [0.25, 0.3) is 0 Å². The number of carbonyl (C=O) groups is 4. The maximum atomic E-state index is 12.5. The Morgan fingerprint density at radius 3 is 2.68 bits per heavy atom. The van der Waals surface area contributed by atoms with E-state index in [0.29, 0.717) is 11.1 Å². The summed E-state index contributed by atoms with van der Waals surface area (Å²) in [6.45, 7) is 1.75. The maximum absolute atomic E-state index is 12.5. The van der Waals surface area contributed by atoms with E-state index < -0.39 is 24.0 Å². The summed E-state index contributed by atoms with van der Waals surface area (Å²) in [6.07, 6.45) is 0.462. The lowest BCUT2D eigenvalue weighted by Gasteiger charge is -2.32. The molecule has 2 N–H and O–H groups in total. The summed E-state index contributed by atoms with van der Waals surface area (Å²) in [7, 11) is 0. The van der Waals surface area contributed by atoms with Gasteiger partial charge in [0.2, 0.25) is 11.8 Å². The SMILES string of the molecule is C[C@@H]1c2cc(C(=O)O)ccc2C(=O)N1[C@H]1CCC(=O)NC1=O. The van der Waals surface area contributed by atoms with Gasteiger partial charge in [0.15, 0.2) is 0 Å². The van der Waals surface area contributed by atoms with Crippen LogP contribution >= 0.6 is 0 Å². The van der Waals surface area contributed by atoms with Gasteiger partial charge in [0, 0.05) is 12.0 Å². The molecule has 0 unspecified atom stereocenters. The number of carboxylic acid groups (broad SMARTS) is 1. The van der Waals surface area contributed by atoms with Crippen LogP contribution in [-0.2, 0) is 9.59 Å². The molecule has 2 aliphatic heterocycles. The Kier molecular flexibility index (Phi) is 3.20. The van der Waals surface area contributed by atoms with Gasteiger partial charge in [-0.25, -0.2) is 4.79 Å². The van der Waals surface area contributed by atoms with Crippen LogP contribution in [0.4, 0.5) is 0 Å². The number of benzene rings is 1. The van der Waals surface area contributed by atoms with Crippen LogP contribution in [0.1, 0.15) is 52.1 Å². The lowest BCUT2D eigenvalue weighted by molar-refractivity contribution is -0.137. The van der Waals surface area contributed by atoms with E-state index >= 15 is 0 Å². The van der Waals surface area contributed by atoms with Gasteiger partial charge in [0.25, 0.3) is 5.91 Å². The lowest BCUT2D eigenvalue weighted by atomic mass is 10.0. The van der Waals surface area contributed by atoms with Crippen molar-refractivity contribution in [3.63, 3.8) is 0 Å². The number of nitrogens with one attached hydrogen (secondary N) is 1. The summed E-state index contributed by atoms with van der Waals surface area (Å²) < 4.78 is 0. The predicted octanol–water partition coefficient (Wildman–Crippen LogP) is 0.707. The number of rotatable bonds is 2. The van der Waals surface area contributed by atoms with E-state index in [-0.39, 0.29) is 30.2 Å². The summed E-state index contributed by atoms with van der Waals surface area (Å²) in [4.78, 5) is 48.2. The minimum Gasteiger partial charge on any atom is -0.478 e. The molecule has 2 aliphatic rings. The molecule has 1 aromatic carbocycles. The number of fused-ring (bicyclic) bond motifs is 1. The van der Waals surface area contributed by atoms with Crippen LogP contribution in [0.15, 0.2) is 18.2 Å². The molecule has 7 heteroatoms. The smallest absolute Gasteiger partial charge is 0.335 e. The van der Waals surface area contributed by atoms with E-state index in [1.807, 2.05) is 0 Å². The quantitative estimate of drug-likeness (QED) is 0.783. The Labute approximate surface area is 125 Å². The summed E-state index contributed by atoms with van der Waals surface area (Å²) in [5.41, 5.74) is 1.10. The normalized spacial score (nSPS) is 24.2. The van der Waals surface area contributed by atoms with Crippen molar-refractivity contribution in [2.24, 2.45) is 0 Å². The molecule has 114 valence electrons. The van der Waals surface area contributed by atoms with Crippen molar-refractivity contribution in [1.82, 2.24) is 10.2 Å². The largest absolute Gasteiger partial charge is 0.478 e. The van der Waals surface area contributed by atoms with Crippen LogP contribution < -0.4 is 5.32 Å². The van der Waals surface area contributed by atoms with Gasteiger partial charge < -0.3 is 10.0 Å². The number of hydrogen-bond donors (Lipinski definition) is 2. The molecule has 1 aromatic rings. The minimum absolute atomic E-state index is 0.100. The van der Waals surface area contributed by atoms with Crippen molar-refractivity contribution in [3.05, 3.63) is 34.9 Å². The number of carboxylic acids is 1. The van der Waals surface area contributed by atoms with E-state index in [4.69, 9.17) is 5.11 Å². The zero-order valence-corrected chi connectivity index (χ0v) is 11.8. The van der Waals surface area contributed by atoms with E-state index in [9.17, 15) is 19.2 Å². The van der Waals surface area contributed by atoms with Crippen molar-refractivity contribution in [2.45, 2.75) is 31.8 Å². The molecule has 3 amide bonds. The zero-order valence-electron chi connectivity index (χ0n) is 11.8. The molecule has 0 radical (unpaired) electrons. The van der Waals surface area contributed by atoms with Crippen molar-refractivity contribution in [2.75, 3.05) is 0 Å². The van der Waals surface area contributed by atoms with Crippen LogP contribution in [0.3, 0.4) is 0 Å². The molecule has 7 nitrogen and oxygen atoms in total. The topological polar surface area (TPSA) is 104 Å². The van der Waals surface area contributed by atoms with Crippen molar-refractivity contribution in [1.29, 1.82) is 0 Å². The highest BCUT2D eigenvalue weighted by molar-refractivity contribution is 6.06. The first-order valence-electron chi connectivity index (χ1n) is 6.93. The molecule has 2 atom stereocenters. The highest BCUT2D eigenvalue weighted by atomic mass is 16.4. The molecule has 0 aromatic heterocycles. The number of amides is 3. The number of imide groups is 1. The lowest BCUT2D eigenvalue weighted by Crippen LogP contribution is -2.53. The number of hydrogen-bond acceptors (Lipinski definition) is 4. The van der Waals surface area contributed by atoms with Gasteiger partial charge in [0.05, 0.1) is 11.6 Å². The molecule has 0 aliphatic carbocycles. The Morgan fingerprint density at radius 2 is 2.05 bits per heavy atom. The van der Waals surface area contributed by atoms with Crippen LogP contribution in [-0.4, -0.2) is 39.7 Å². The van der Waals surface area contributed by atoms with Crippen LogP contribution in [0, 0.1) is 0 Å². The molecule has 2 heterocycles.